The molecule has 8 nitrogen and oxygen atoms in total. The van der Waals surface area contributed by atoms with E-state index in [-0.39, 0.29) is 41.1 Å². The van der Waals surface area contributed by atoms with Gasteiger partial charge in [0.1, 0.15) is 5.82 Å². The number of halogens is 8. The second-order valence-electron chi connectivity index (χ2n) is 14.7. The van der Waals surface area contributed by atoms with Crippen molar-refractivity contribution in [3.8, 4) is 0 Å². The molecule has 3 aromatic carbocycles. The molecule has 1 saturated heterocycles. The standard InChI is InChI=1S/C40H45F8N7O/c1-53(50)52-38(49)54(22-27-16-31(39(43,44)45)20-32(17-27)40(46,47)48)23-30-18-29-19-33(41)34(42)21-35(29)51-37(30)55-14-5-8-36(55)28-11-9-25(10-12-28)13-15-56-24-26-6-3-2-4-7-26/h2-4,6-7,16-21,25,28,36H,5,8-15,22-24,50H2,1H3,(H2,49,52)/t25?,28?,36-/m1/s1. The summed E-state index contributed by atoms with van der Waals surface area (Å²) in [5.41, 5.74) is 4.78. The van der Waals surface area contributed by atoms with Crippen LogP contribution in [0.25, 0.3) is 10.9 Å². The predicted molar refractivity (Wildman–Crippen MR) is 197 cm³/mol. The molecule has 2 aliphatic rings. The van der Waals surface area contributed by atoms with Crippen molar-refractivity contribution in [1.82, 2.24) is 15.0 Å². The Bertz CT molecular complexity index is 1950. The largest absolute Gasteiger partial charge is 0.416 e. The van der Waals surface area contributed by atoms with Crippen LogP contribution in [0.2, 0.25) is 0 Å². The van der Waals surface area contributed by atoms with E-state index in [0.29, 0.717) is 55.1 Å². The minimum atomic E-state index is -5.06. The maximum absolute atomic E-state index is 14.5. The van der Waals surface area contributed by atoms with E-state index >= 15 is 0 Å². The number of nitrogens with zero attached hydrogens (tertiary/aromatic N) is 5. The van der Waals surface area contributed by atoms with Crippen LogP contribution in [0.5, 0.6) is 0 Å². The van der Waals surface area contributed by atoms with Crippen LogP contribution >= 0.6 is 0 Å². The van der Waals surface area contributed by atoms with Crippen molar-refractivity contribution in [3.05, 3.63) is 106 Å². The van der Waals surface area contributed by atoms with Crippen LogP contribution in [0.15, 0.2) is 71.8 Å². The van der Waals surface area contributed by atoms with E-state index in [1.54, 1.807) is 6.07 Å². The molecule has 16 heteroatoms. The highest BCUT2D eigenvalue weighted by Crippen LogP contribution is 2.41. The van der Waals surface area contributed by atoms with Gasteiger partial charge in [0.15, 0.2) is 11.6 Å². The average Bonchev–Trinajstić information content (AvgIpc) is 3.63. The second kappa shape index (κ2) is 17.2. The van der Waals surface area contributed by atoms with Gasteiger partial charge in [-0.05, 0) is 85.4 Å². The third-order valence-electron chi connectivity index (χ3n) is 10.7. The average molecular weight is 792 g/mol. The van der Waals surface area contributed by atoms with Crippen molar-refractivity contribution in [2.45, 2.75) is 83.0 Å². The molecule has 1 atom stereocenters. The molecule has 4 aromatic rings. The maximum atomic E-state index is 14.5. The molecular formula is C40H45F8N7O. The fraction of sp³-hybridized carbons (Fsp3) is 0.450. The predicted octanol–water partition coefficient (Wildman–Crippen LogP) is 8.97. The summed E-state index contributed by atoms with van der Waals surface area (Å²) in [5.74, 6) is 4.51. The number of nitrogens with two attached hydrogens (primary N) is 2. The third-order valence-corrected chi connectivity index (χ3v) is 10.7. The lowest BCUT2D eigenvalue weighted by molar-refractivity contribution is -0.143. The molecule has 0 spiro atoms. The Morgan fingerprint density at radius 2 is 1.52 bits per heavy atom. The summed E-state index contributed by atoms with van der Waals surface area (Å²) in [6, 6.07) is 15.0. The fourth-order valence-corrected chi connectivity index (χ4v) is 7.97. The minimum Gasteiger partial charge on any atom is -0.377 e. The molecule has 6 rings (SSSR count). The van der Waals surface area contributed by atoms with Gasteiger partial charge in [0, 0.05) is 56.3 Å². The topological polar surface area (TPSA) is 96.2 Å². The Hall–Kier alpha value is -4.70. The van der Waals surface area contributed by atoms with E-state index < -0.39 is 41.7 Å². The minimum absolute atomic E-state index is 0.0544. The molecule has 0 amide bonds. The molecule has 1 saturated carbocycles. The van der Waals surface area contributed by atoms with Gasteiger partial charge in [-0.15, -0.1) is 5.10 Å². The van der Waals surface area contributed by atoms with E-state index in [9.17, 15) is 35.1 Å². The Kier molecular flexibility index (Phi) is 12.6. The van der Waals surface area contributed by atoms with Crippen molar-refractivity contribution >= 4 is 22.7 Å². The zero-order valence-corrected chi connectivity index (χ0v) is 30.9. The van der Waals surface area contributed by atoms with Gasteiger partial charge in [-0.25, -0.2) is 24.7 Å². The van der Waals surface area contributed by atoms with E-state index in [4.69, 9.17) is 21.3 Å². The Morgan fingerprint density at radius 3 is 2.16 bits per heavy atom. The molecule has 1 aliphatic heterocycles. The number of pyridine rings is 1. The van der Waals surface area contributed by atoms with Crippen molar-refractivity contribution < 1.29 is 39.9 Å². The molecule has 0 bridgehead atoms. The lowest BCUT2D eigenvalue weighted by Crippen LogP contribution is -2.41. The van der Waals surface area contributed by atoms with Gasteiger partial charge < -0.3 is 20.3 Å². The van der Waals surface area contributed by atoms with E-state index in [1.807, 2.05) is 30.3 Å². The second-order valence-corrected chi connectivity index (χ2v) is 14.7. The number of hydrazine groups is 1. The lowest BCUT2D eigenvalue weighted by atomic mass is 9.77. The number of fused-ring (bicyclic) bond motifs is 1. The summed E-state index contributed by atoms with van der Waals surface area (Å²) in [7, 11) is 1.35. The highest BCUT2D eigenvalue weighted by Gasteiger charge is 2.38. The van der Waals surface area contributed by atoms with Crippen molar-refractivity contribution in [2.24, 2.45) is 28.5 Å². The van der Waals surface area contributed by atoms with E-state index in [0.717, 1.165) is 67.8 Å². The molecule has 1 aromatic heterocycles. The molecule has 0 radical (unpaired) electrons. The van der Waals surface area contributed by atoms with Gasteiger partial charge in [-0.3, -0.25) is 0 Å². The Morgan fingerprint density at radius 1 is 0.857 bits per heavy atom. The number of hydrogen-bond donors (Lipinski definition) is 2. The molecule has 4 N–H and O–H groups in total. The smallest absolute Gasteiger partial charge is 0.377 e. The van der Waals surface area contributed by atoms with Crippen LogP contribution in [0, 0.1) is 23.5 Å². The number of ether oxygens (including phenoxy) is 1. The molecule has 0 unspecified atom stereocenters. The number of guanidine groups is 1. The Labute approximate surface area is 320 Å². The zero-order valence-electron chi connectivity index (χ0n) is 30.9. The zero-order chi connectivity index (χ0) is 40.2. The number of hydrogen-bond acceptors (Lipinski definition) is 6. The van der Waals surface area contributed by atoms with Crippen molar-refractivity contribution in [1.29, 1.82) is 0 Å². The molecule has 302 valence electrons. The number of benzene rings is 3. The summed E-state index contributed by atoms with van der Waals surface area (Å²) in [6.45, 7) is 1.09. The molecular weight excluding hydrogens is 746 g/mol. The van der Waals surface area contributed by atoms with Gasteiger partial charge in [-0.1, -0.05) is 43.2 Å². The summed E-state index contributed by atoms with van der Waals surface area (Å²) in [6.07, 6.45) is -3.48. The summed E-state index contributed by atoms with van der Waals surface area (Å²) >= 11 is 0. The first-order valence-electron chi connectivity index (χ1n) is 18.6. The number of aromatic nitrogens is 1. The lowest BCUT2D eigenvalue weighted by Gasteiger charge is -2.38. The Balaban J connectivity index is 1.28. The normalized spacial score (nSPS) is 19.5. The van der Waals surface area contributed by atoms with Crippen LogP contribution in [0.4, 0.5) is 40.9 Å². The number of rotatable bonds is 12. The SMILES string of the molecule is CN(N)/N=C(/N)N(Cc1cc(C(F)(F)F)cc(C(F)(F)F)c1)Cc1cc2cc(F)c(F)cc2nc1N1CCC[C@@H]1C1CCC(CCOCc2ccccc2)CC1. The fourth-order valence-electron chi connectivity index (χ4n) is 7.97. The maximum Gasteiger partial charge on any atom is 0.416 e. The highest BCUT2D eigenvalue weighted by atomic mass is 19.4. The van der Waals surface area contributed by atoms with Gasteiger partial charge in [0.25, 0.3) is 0 Å². The van der Waals surface area contributed by atoms with Crippen LogP contribution in [-0.2, 0) is 36.8 Å². The highest BCUT2D eigenvalue weighted by molar-refractivity contribution is 5.83. The monoisotopic (exact) mass is 791 g/mol. The van der Waals surface area contributed by atoms with Crippen LogP contribution in [-0.4, -0.2) is 47.2 Å². The quantitative estimate of drug-likeness (QED) is 0.0370. The third kappa shape index (κ3) is 10.2. The number of hydrazone groups is 1. The molecule has 2 fully saturated rings. The molecule has 2 heterocycles. The van der Waals surface area contributed by atoms with Crippen LogP contribution < -0.4 is 16.5 Å². The van der Waals surface area contributed by atoms with Crippen LogP contribution in [0.1, 0.15) is 72.8 Å². The first kappa shape index (κ1) is 40.9. The van der Waals surface area contributed by atoms with E-state index in [2.05, 4.69) is 10.0 Å². The van der Waals surface area contributed by atoms with Gasteiger partial charge in [0.2, 0.25) is 5.96 Å². The molecule has 1 aliphatic carbocycles. The van der Waals surface area contributed by atoms with Crippen LogP contribution in [0.3, 0.4) is 0 Å². The van der Waals surface area contributed by atoms with Crippen molar-refractivity contribution in [2.75, 3.05) is 25.1 Å². The first-order valence-corrected chi connectivity index (χ1v) is 18.6. The number of anilines is 1. The summed E-state index contributed by atoms with van der Waals surface area (Å²) < 4.78 is 118. The summed E-state index contributed by atoms with van der Waals surface area (Å²) in [4.78, 5) is 8.26. The first-order chi connectivity index (χ1) is 26.5. The van der Waals surface area contributed by atoms with Gasteiger partial charge in [-0.2, -0.15) is 26.3 Å². The molecule has 56 heavy (non-hydrogen) atoms. The van der Waals surface area contributed by atoms with Gasteiger partial charge >= 0.3 is 12.4 Å². The van der Waals surface area contributed by atoms with E-state index in [1.165, 1.54) is 11.9 Å². The van der Waals surface area contributed by atoms with Crippen molar-refractivity contribution in [3.63, 3.8) is 0 Å². The van der Waals surface area contributed by atoms with Gasteiger partial charge in [0.05, 0.1) is 23.3 Å². The summed E-state index contributed by atoms with van der Waals surface area (Å²) in [5, 5.41) is 5.10. The number of alkyl halides is 6.